The maximum Gasteiger partial charge on any atom is 0.165 e. The lowest BCUT2D eigenvalue weighted by molar-refractivity contribution is 0.0968. The number of halogens is 2. The van der Waals surface area contributed by atoms with Crippen LogP contribution >= 0.6 is 23.2 Å². The topological polar surface area (TPSA) is 43.1 Å². The van der Waals surface area contributed by atoms with Crippen LogP contribution in [0.1, 0.15) is 44.0 Å². The number of ketones is 1. The lowest BCUT2D eigenvalue weighted by Crippen LogP contribution is -2.29. The van der Waals surface area contributed by atoms with Gasteiger partial charge in [0.1, 0.15) is 0 Å². The molecule has 0 aliphatic rings. The van der Waals surface area contributed by atoms with E-state index in [0.29, 0.717) is 15.6 Å². The summed E-state index contributed by atoms with van der Waals surface area (Å²) in [4.78, 5) is 12.1. The summed E-state index contributed by atoms with van der Waals surface area (Å²) in [7, 11) is 0. The number of benzene rings is 1. The molecule has 2 nitrogen and oxygen atoms in total. The molecule has 2 N–H and O–H groups in total. The van der Waals surface area contributed by atoms with Crippen molar-refractivity contribution in [1.82, 2.24) is 0 Å². The molecule has 0 spiro atoms. The van der Waals surface area contributed by atoms with Crippen LogP contribution in [-0.4, -0.2) is 11.8 Å². The second-order valence-corrected chi connectivity index (χ2v) is 6.62. The van der Waals surface area contributed by atoms with E-state index in [4.69, 9.17) is 28.9 Å². The van der Waals surface area contributed by atoms with Crippen molar-refractivity contribution in [2.24, 2.45) is 11.1 Å². The van der Waals surface area contributed by atoms with Gasteiger partial charge < -0.3 is 5.73 Å². The van der Waals surface area contributed by atoms with Crippen LogP contribution in [0.25, 0.3) is 0 Å². The number of carbonyl (C=O) groups is 1. The predicted octanol–water partition coefficient (Wildman–Crippen LogP) is 4.33. The third-order valence-corrected chi connectivity index (χ3v) is 3.12. The van der Waals surface area contributed by atoms with Crippen LogP contribution in [0.15, 0.2) is 18.2 Å². The van der Waals surface area contributed by atoms with E-state index < -0.39 is 0 Å². The zero-order valence-electron chi connectivity index (χ0n) is 11.0. The van der Waals surface area contributed by atoms with Crippen LogP contribution in [0.3, 0.4) is 0 Å². The van der Waals surface area contributed by atoms with Gasteiger partial charge in [0.05, 0.1) is 5.02 Å². The maximum atomic E-state index is 12.1. The number of hydrogen-bond acceptors (Lipinski definition) is 2. The summed E-state index contributed by atoms with van der Waals surface area (Å²) >= 11 is 11.8. The van der Waals surface area contributed by atoms with E-state index >= 15 is 0 Å². The van der Waals surface area contributed by atoms with E-state index in [1.807, 2.05) is 0 Å². The smallest absolute Gasteiger partial charge is 0.165 e. The Morgan fingerprint density at radius 3 is 2.50 bits per heavy atom. The fraction of sp³-hybridized carbons (Fsp3) is 0.500. The molecule has 1 unspecified atom stereocenters. The van der Waals surface area contributed by atoms with Gasteiger partial charge >= 0.3 is 0 Å². The average molecular weight is 288 g/mol. The Morgan fingerprint density at radius 2 is 1.94 bits per heavy atom. The highest BCUT2D eigenvalue weighted by atomic mass is 35.5. The zero-order valence-corrected chi connectivity index (χ0v) is 12.5. The number of carbonyl (C=O) groups excluding carboxylic acids is 1. The second-order valence-electron chi connectivity index (χ2n) is 5.78. The van der Waals surface area contributed by atoms with Crippen LogP contribution in [0.2, 0.25) is 10.0 Å². The van der Waals surface area contributed by atoms with Gasteiger partial charge in [-0.2, -0.15) is 0 Å². The number of hydrogen-bond donors (Lipinski definition) is 1. The average Bonchev–Trinajstić information content (AvgIpc) is 2.18. The minimum absolute atomic E-state index is 0.0562. The number of nitrogens with two attached hydrogens (primary N) is 1. The van der Waals surface area contributed by atoms with Gasteiger partial charge in [0, 0.05) is 23.0 Å². The Hall–Kier alpha value is -0.570. The molecule has 0 heterocycles. The van der Waals surface area contributed by atoms with Crippen LogP contribution in [0, 0.1) is 5.41 Å². The van der Waals surface area contributed by atoms with Crippen molar-refractivity contribution < 1.29 is 4.79 Å². The quantitative estimate of drug-likeness (QED) is 0.838. The summed E-state index contributed by atoms with van der Waals surface area (Å²) in [6.45, 7) is 6.30. The Labute approximate surface area is 118 Å². The SMILES string of the molecule is CC(C)(C)CC(N)CC(=O)c1cc(Cl)ccc1Cl. The van der Waals surface area contributed by atoms with Gasteiger partial charge in [-0.05, 0) is 30.0 Å². The summed E-state index contributed by atoms with van der Waals surface area (Å²) < 4.78 is 0. The molecule has 1 atom stereocenters. The molecule has 1 aromatic carbocycles. The molecule has 1 rings (SSSR count). The molecule has 0 aliphatic heterocycles. The third-order valence-electron chi connectivity index (χ3n) is 2.55. The molecule has 0 saturated carbocycles. The molecule has 4 heteroatoms. The summed E-state index contributed by atoms with van der Waals surface area (Å²) in [5.74, 6) is -0.0562. The van der Waals surface area contributed by atoms with Crippen molar-refractivity contribution in [3.8, 4) is 0 Å². The molecule has 0 fully saturated rings. The Balaban J connectivity index is 2.74. The summed E-state index contributed by atoms with van der Waals surface area (Å²) in [6, 6.07) is 4.73. The largest absolute Gasteiger partial charge is 0.327 e. The monoisotopic (exact) mass is 287 g/mol. The molecular formula is C14H19Cl2NO. The molecule has 0 bridgehead atoms. The molecule has 0 saturated heterocycles. The molecule has 100 valence electrons. The molecule has 0 radical (unpaired) electrons. The van der Waals surface area contributed by atoms with Gasteiger partial charge in [-0.1, -0.05) is 44.0 Å². The zero-order chi connectivity index (χ0) is 13.9. The molecule has 0 amide bonds. The van der Waals surface area contributed by atoms with E-state index in [-0.39, 0.29) is 23.7 Å². The van der Waals surface area contributed by atoms with Crippen molar-refractivity contribution in [2.75, 3.05) is 0 Å². The van der Waals surface area contributed by atoms with Crippen molar-refractivity contribution in [2.45, 2.75) is 39.7 Å². The first-order valence-corrected chi connectivity index (χ1v) is 6.68. The summed E-state index contributed by atoms with van der Waals surface area (Å²) in [5, 5.41) is 0.930. The van der Waals surface area contributed by atoms with Crippen LogP contribution in [0.5, 0.6) is 0 Å². The van der Waals surface area contributed by atoms with Crippen molar-refractivity contribution >= 4 is 29.0 Å². The van der Waals surface area contributed by atoms with Crippen LogP contribution in [-0.2, 0) is 0 Å². The van der Waals surface area contributed by atoms with E-state index in [1.54, 1.807) is 18.2 Å². The molecular weight excluding hydrogens is 269 g/mol. The highest BCUT2D eigenvalue weighted by Crippen LogP contribution is 2.25. The lowest BCUT2D eigenvalue weighted by Gasteiger charge is -2.22. The van der Waals surface area contributed by atoms with Crippen molar-refractivity contribution in [3.63, 3.8) is 0 Å². The van der Waals surface area contributed by atoms with Gasteiger partial charge in [-0.3, -0.25) is 4.79 Å². The van der Waals surface area contributed by atoms with E-state index in [0.717, 1.165) is 6.42 Å². The van der Waals surface area contributed by atoms with Crippen LogP contribution < -0.4 is 5.73 Å². The minimum Gasteiger partial charge on any atom is -0.327 e. The van der Waals surface area contributed by atoms with E-state index in [9.17, 15) is 4.79 Å². The Morgan fingerprint density at radius 1 is 1.33 bits per heavy atom. The first kappa shape index (κ1) is 15.5. The van der Waals surface area contributed by atoms with Crippen LogP contribution in [0.4, 0.5) is 0 Å². The van der Waals surface area contributed by atoms with Gasteiger partial charge in [0.25, 0.3) is 0 Å². The second kappa shape index (κ2) is 6.05. The van der Waals surface area contributed by atoms with Crippen molar-refractivity contribution in [3.05, 3.63) is 33.8 Å². The van der Waals surface area contributed by atoms with Gasteiger partial charge in [-0.15, -0.1) is 0 Å². The first-order chi connectivity index (χ1) is 8.19. The first-order valence-electron chi connectivity index (χ1n) is 5.93. The van der Waals surface area contributed by atoms with Gasteiger partial charge in [0.2, 0.25) is 0 Å². The standard InChI is InChI=1S/C14H19Cl2NO/c1-14(2,3)8-10(17)7-13(18)11-6-9(15)4-5-12(11)16/h4-6,10H,7-8,17H2,1-3H3. The summed E-state index contributed by atoms with van der Waals surface area (Å²) in [6.07, 6.45) is 1.08. The molecule has 0 aliphatic carbocycles. The van der Waals surface area contributed by atoms with E-state index in [1.165, 1.54) is 0 Å². The lowest BCUT2D eigenvalue weighted by atomic mass is 9.86. The van der Waals surface area contributed by atoms with Gasteiger partial charge in [0.15, 0.2) is 5.78 Å². The molecule has 18 heavy (non-hydrogen) atoms. The third kappa shape index (κ3) is 4.97. The molecule has 1 aromatic rings. The Kier molecular flexibility index (Phi) is 5.20. The van der Waals surface area contributed by atoms with Crippen molar-refractivity contribution in [1.29, 1.82) is 0 Å². The molecule has 0 aromatic heterocycles. The highest BCUT2D eigenvalue weighted by molar-refractivity contribution is 6.35. The maximum absolute atomic E-state index is 12.1. The number of rotatable bonds is 4. The predicted molar refractivity (Wildman–Crippen MR) is 77.5 cm³/mol. The fourth-order valence-electron chi connectivity index (χ4n) is 1.92. The van der Waals surface area contributed by atoms with E-state index in [2.05, 4.69) is 20.8 Å². The normalized spacial score (nSPS) is 13.4. The van der Waals surface area contributed by atoms with Gasteiger partial charge in [-0.25, -0.2) is 0 Å². The Bertz CT molecular complexity index is 438. The summed E-state index contributed by atoms with van der Waals surface area (Å²) in [5.41, 5.74) is 6.55. The minimum atomic E-state index is -0.160. The fourth-order valence-corrected chi connectivity index (χ4v) is 2.31. The highest BCUT2D eigenvalue weighted by Gasteiger charge is 2.20. The number of Topliss-reactive ketones (excluding diaryl/α,β-unsaturated/α-hetero) is 1.